The number of halogens is 1. The molecule has 0 aliphatic rings. The largest absolute Gasteiger partial charge is 0.488 e. The Morgan fingerprint density at radius 3 is 2.94 bits per heavy atom. The lowest BCUT2D eigenvalue weighted by Crippen LogP contribution is -1.97. The van der Waals surface area contributed by atoms with Crippen LogP contribution in [0.15, 0.2) is 42.7 Å². The van der Waals surface area contributed by atoms with Gasteiger partial charge in [-0.2, -0.15) is 0 Å². The van der Waals surface area contributed by atoms with Gasteiger partial charge in [-0.25, -0.2) is 4.39 Å². The smallest absolute Gasteiger partial charge is 0.126 e. The molecule has 82 valence electrons. The standard InChI is InChI=1S/C13H12FNO/c1-10-4-5-12(14)7-13(10)16-9-11-3-2-6-15-8-11/h2-8H,9H2,1H3. The average molecular weight is 217 g/mol. The number of aryl methyl sites for hydroxylation is 1. The maximum Gasteiger partial charge on any atom is 0.126 e. The van der Waals surface area contributed by atoms with Crippen LogP contribution in [0.1, 0.15) is 11.1 Å². The molecule has 1 heterocycles. The number of hydrogen-bond acceptors (Lipinski definition) is 2. The average Bonchev–Trinajstić information content (AvgIpc) is 2.32. The predicted octanol–water partition coefficient (Wildman–Crippen LogP) is 3.11. The fraction of sp³-hybridized carbons (Fsp3) is 0.154. The molecule has 0 aliphatic heterocycles. The van der Waals surface area contributed by atoms with Gasteiger partial charge in [0.25, 0.3) is 0 Å². The zero-order valence-corrected chi connectivity index (χ0v) is 8.98. The van der Waals surface area contributed by atoms with E-state index in [-0.39, 0.29) is 5.82 Å². The third-order valence-electron chi connectivity index (χ3n) is 2.27. The van der Waals surface area contributed by atoms with Gasteiger partial charge in [-0.05, 0) is 24.6 Å². The van der Waals surface area contributed by atoms with Crippen LogP contribution < -0.4 is 4.74 Å². The van der Waals surface area contributed by atoms with E-state index in [0.717, 1.165) is 11.1 Å². The van der Waals surface area contributed by atoms with Gasteiger partial charge in [0.05, 0.1) is 0 Å². The Morgan fingerprint density at radius 1 is 1.31 bits per heavy atom. The lowest BCUT2D eigenvalue weighted by molar-refractivity contribution is 0.302. The minimum atomic E-state index is -0.285. The highest BCUT2D eigenvalue weighted by Gasteiger charge is 2.01. The lowest BCUT2D eigenvalue weighted by atomic mass is 10.2. The van der Waals surface area contributed by atoms with E-state index < -0.39 is 0 Å². The van der Waals surface area contributed by atoms with Crippen LogP contribution in [0, 0.1) is 12.7 Å². The molecule has 0 fully saturated rings. The molecule has 0 saturated heterocycles. The van der Waals surface area contributed by atoms with Crippen LogP contribution >= 0.6 is 0 Å². The third kappa shape index (κ3) is 2.57. The highest BCUT2D eigenvalue weighted by atomic mass is 19.1. The topological polar surface area (TPSA) is 22.1 Å². The number of rotatable bonds is 3. The molecule has 2 nitrogen and oxygen atoms in total. The van der Waals surface area contributed by atoms with Crippen molar-refractivity contribution in [1.82, 2.24) is 4.98 Å². The Labute approximate surface area is 93.7 Å². The van der Waals surface area contributed by atoms with Crippen LogP contribution in [0.3, 0.4) is 0 Å². The second-order valence-electron chi connectivity index (χ2n) is 3.56. The summed E-state index contributed by atoms with van der Waals surface area (Å²) in [4.78, 5) is 3.98. The molecule has 1 aromatic heterocycles. The van der Waals surface area contributed by atoms with Crippen molar-refractivity contribution in [3.63, 3.8) is 0 Å². The minimum Gasteiger partial charge on any atom is -0.488 e. The second-order valence-corrected chi connectivity index (χ2v) is 3.56. The van der Waals surface area contributed by atoms with Crippen molar-refractivity contribution in [2.75, 3.05) is 0 Å². The summed E-state index contributed by atoms with van der Waals surface area (Å²) < 4.78 is 18.5. The molecule has 0 unspecified atom stereocenters. The molecule has 1 aromatic carbocycles. The van der Waals surface area contributed by atoms with Crippen molar-refractivity contribution in [2.45, 2.75) is 13.5 Å². The van der Waals surface area contributed by atoms with E-state index in [1.807, 2.05) is 19.1 Å². The van der Waals surface area contributed by atoms with Crippen LogP contribution in [0.4, 0.5) is 4.39 Å². The molecular weight excluding hydrogens is 205 g/mol. The van der Waals surface area contributed by atoms with Gasteiger partial charge >= 0.3 is 0 Å². The van der Waals surface area contributed by atoms with E-state index >= 15 is 0 Å². The van der Waals surface area contributed by atoms with Crippen LogP contribution in [-0.2, 0) is 6.61 Å². The molecule has 0 amide bonds. The number of hydrogen-bond donors (Lipinski definition) is 0. The highest BCUT2D eigenvalue weighted by Crippen LogP contribution is 2.19. The fourth-order valence-corrected chi connectivity index (χ4v) is 1.37. The zero-order chi connectivity index (χ0) is 11.4. The quantitative estimate of drug-likeness (QED) is 0.788. The maximum absolute atomic E-state index is 13.0. The normalized spacial score (nSPS) is 10.1. The predicted molar refractivity (Wildman–Crippen MR) is 59.7 cm³/mol. The van der Waals surface area contributed by atoms with Gasteiger partial charge in [0.1, 0.15) is 18.2 Å². The molecule has 0 N–H and O–H groups in total. The van der Waals surface area contributed by atoms with Crippen molar-refractivity contribution >= 4 is 0 Å². The number of nitrogens with zero attached hydrogens (tertiary/aromatic N) is 1. The van der Waals surface area contributed by atoms with Crippen molar-refractivity contribution in [1.29, 1.82) is 0 Å². The summed E-state index contributed by atoms with van der Waals surface area (Å²) in [7, 11) is 0. The first-order valence-electron chi connectivity index (χ1n) is 5.03. The van der Waals surface area contributed by atoms with Gasteiger partial charge in [0, 0.05) is 24.0 Å². The number of pyridine rings is 1. The van der Waals surface area contributed by atoms with Gasteiger partial charge in [0.2, 0.25) is 0 Å². The van der Waals surface area contributed by atoms with Gasteiger partial charge in [-0.1, -0.05) is 12.1 Å². The third-order valence-corrected chi connectivity index (χ3v) is 2.27. The van der Waals surface area contributed by atoms with Crippen LogP contribution in [0.2, 0.25) is 0 Å². The molecule has 0 bridgehead atoms. The zero-order valence-electron chi connectivity index (χ0n) is 8.98. The maximum atomic E-state index is 13.0. The minimum absolute atomic E-state index is 0.285. The summed E-state index contributed by atoms with van der Waals surface area (Å²) in [5.74, 6) is 0.288. The molecule has 16 heavy (non-hydrogen) atoms. The fourth-order valence-electron chi connectivity index (χ4n) is 1.37. The van der Waals surface area contributed by atoms with E-state index in [4.69, 9.17) is 4.74 Å². The summed E-state index contributed by atoms with van der Waals surface area (Å²) in [6, 6.07) is 8.28. The molecule has 2 rings (SSSR count). The monoisotopic (exact) mass is 217 g/mol. The Morgan fingerprint density at radius 2 is 2.19 bits per heavy atom. The summed E-state index contributed by atoms with van der Waals surface area (Å²) in [6.07, 6.45) is 3.44. The molecule has 0 aliphatic carbocycles. The highest BCUT2D eigenvalue weighted by molar-refractivity contribution is 5.32. The van der Waals surface area contributed by atoms with Gasteiger partial charge < -0.3 is 4.74 Å². The van der Waals surface area contributed by atoms with Crippen molar-refractivity contribution in [3.8, 4) is 5.75 Å². The number of aromatic nitrogens is 1. The van der Waals surface area contributed by atoms with E-state index in [0.29, 0.717) is 12.4 Å². The first-order chi connectivity index (χ1) is 7.75. The van der Waals surface area contributed by atoms with Crippen LogP contribution in [0.5, 0.6) is 5.75 Å². The summed E-state index contributed by atoms with van der Waals surface area (Å²) >= 11 is 0. The first kappa shape index (κ1) is 10.6. The Kier molecular flexibility index (Phi) is 3.15. The molecular formula is C13H12FNO. The second kappa shape index (κ2) is 4.75. The van der Waals surface area contributed by atoms with Gasteiger partial charge in [0.15, 0.2) is 0 Å². The molecule has 0 radical (unpaired) electrons. The van der Waals surface area contributed by atoms with E-state index in [2.05, 4.69) is 4.98 Å². The lowest BCUT2D eigenvalue weighted by Gasteiger charge is -2.08. The molecule has 0 saturated carbocycles. The van der Waals surface area contributed by atoms with Crippen LogP contribution in [-0.4, -0.2) is 4.98 Å². The van der Waals surface area contributed by atoms with Crippen LogP contribution in [0.25, 0.3) is 0 Å². The summed E-state index contributed by atoms with van der Waals surface area (Å²) in [5, 5.41) is 0. The Hall–Kier alpha value is -1.90. The summed E-state index contributed by atoms with van der Waals surface area (Å²) in [5.41, 5.74) is 1.89. The summed E-state index contributed by atoms with van der Waals surface area (Å²) in [6.45, 7) is 2.29. The van der Waals surface area contributed by atoms with Crippen molar-refractivity contribution in [3.05, 3.63) is 59.7 Å². The van der Waals surface area contributed by atoms with Gasteiger partial charge in [-0.15, -0.1) is 0 Å². The number of benzene rings is 1. The SMILES string of the molecule is Cc1ccc(F)cc1OCc1cccnc1. The van der Waals surface area contributed by atoms with Crippen molar-refractivity contribution in [2.24, 2.45) is 0 Å². The molecule has 3 heteroatoms. The molecule has 0 atom stereocenters. The van der Waals surface area contributed by atoms with E-state index in [9.17, 15) is 4.39 Å². The molecule has 0 spiro atoms. The molecule has 2 aromatic rings. The first-order valence-corrected chi connectivity index (χ1v) is 5.03. The van der Waals surface area contributed by atoms with Gasteiger partial charge in [-0.3, -0.25) is 4.98 Å². The Balaban J connectivity index is 2.08. The number of ether oxygens (including phenoxy) is 1. The van der Waals surface area contributed by atoms with E-state index in [1.165, 1.54) is 12.1 Å². The van der Waals surface area contributed by atoms with E-state index in [1.54, 1.807) is 18.5 Å². The Bertz CT molecular complexity index is 471. The van der Waals surface area contributed by atoms with Crippen molar-refractivity contribution < 1.29 is 9.13 Å².